The lowest BCUT2D eigenvalue weighted by molar-refractivity contribution is -0.384. The number of nitrogens with one attached hydrogen (secondary N) is 1. The smallest absolute Gasteiger partial charge is 0.273 e. The summed E-state index contributed by atoms with van der Waals surface area (Å²) in [5.41, 5.74) is 0.245. The second kappa shape index (κ2) is 6.55. The number of carbonyl (C=O) groups is 1. The molecular weight excluding hydrogens is 240 g/mol. The van der Waals surface area contributed by atoms with Crippen molar-refractivity contribution in [2.75, 3.05) is 18.5 Å². The molecular formula is C11H14N2O5. The number of hydrogen-bond donors (Lipinski definition) is 2. The number of nitrogens with zero attached hydrogens (tertiary/aromatic N) is 1. The number of nitro benzene ring substituents is 1. The van der Waals surface area contributed by atoms with Crippen LogP contribution in [-0.4, -0.2) is 29.2 Å². The number of anilines is 1. The first-order valence-corrected chi connectivity index (χ1v) is 5.34. The van der Waals surface area contributed by atoms with Crippen molar-refractivity contribution in [2.24, 2.45) is 0 Å². The number of ether oxygens (including phenoxy) is 1. The van der Waals surface area contributed by atoms with Crippen molar-refractivity contribution in [2.45, 2.75) is 13.3 Å². The molecule has 0 aromatic heterocycles. The molecule has 1 rings (SSSR count). The summed E-state index contributed by atoms with van der Waals surface area (Å²) in [5, 5.41) is 21.8. The number of rotatable bonds is 6. The molecule has 7 heteroatoms. The van der Waals surface area contributed by atoms with Gasteiger partial charge in [-0.3, -0.25) is 14.9 Å². The summed E-state index contributed by atoms with van der Waals surface area (Å²) in [7, 11) is 0. The van der Waals surface area contributed by atoms with Crippen LogP contribution in [0.15, 0.2) is 18.2 Å². The molecule has 0 fully saturated rings. The van der Waals surface area contributed by atoms with E-state index in [1.54, 1.807) is 0 Å². The molecule has 1 aromatic rings. The number of benzene rings is 1. The van der Waals surface area contributed by atoms with Crippen LogP contribution in [0.3, 0.4) is 0 Å². The van der Waals surface area contributed by atoms with Gasteiger partial charge < -0.3 is 15.2 Å². The van der Waals surface area contributed by atoms with Crippen molar-refractivity contribution in [3.8, 4) is 5.75 Å². The molecule has 0 unspecified atom stereocenters. The van der Waals surface area contributed by atoms with E-state index in [-0.39, 0.29) is 30.6 Å². The number of aliphatic hydroxyl groups excluding tert-OH is 1. The number of hydrogen-bond acceptors (Lipinski definition) is 5. The zero-order valence-corrected chi connectivity index (χ0v) is 9.88. The van der Waals surface area contributed by atoms with Crippen LogP contribution in [0, 0.1) is 10.1 Å². The predicted molar refractivity (Wildman–Crippen MR) is 64.6 cm³/mol. The van der Waals surface area contributed by atoms with Crippen molar-refractivity contribution in [1.29, 1.82) is 0 Å². The summed E-state index contributed by atoms with van der Waals surface area (Å²) in [5.74, 6) is -0.0799. The summed E-state index contributed by atoms with van der Waals surface area (Å²) in [6, 6.07) is 3.93. The number of amides is 1. The first kappa shape index (κ1) is 13.9. The van der Waals surface area contributed by atoms with Crippen molar-refractivity contribution in [1.82, 2.24) is 0 Å². The lowest BCUT2D eigenvalue weighted by Gasteiger charge is -2.11. The van der Waals surface area contributed by atoms with E-state index < -0.39 is 4.92 Å². The van der Waals surface area contributed by atoms with Crippen LogP contribution in [-0.2, 0) is 4.79 Å². The van der Waals surface area contributed by atoms with Crippen molar-refractivity contribution >= 4 is 17.3 Å². The van der Waals surface area contributed by atoms with Crippen molar-refractivity contribution < 1.29 is 19.6 Å². The molecule has 0 aliphatic carbocycles. The Morgan fingerprint density at radius 1 is 1.56 bits per heavy atom. The minimum Gasteiger partial charge on any atom is -0.491 e. The van der Waals surface area contributed by atoms with Crippen LogP contribution in [0.1, 0.15) is 13.3 Å². The van der Waals surface area contributed by atoms with Gasteiger partial charge in [-0.05, 0) is 6.07 Å². The third kappa shape index (κ3) is 4.02. The second-order valence-corrected chi connectivity index (χ2v) is 3.54. The first-order chi connectivity index (χ1) is 8.54. The lowest BCUT2D eigenvalue weighted by Crippen LogP contribution is -2.09. The van der Waals surface area contributed by atoms with Gasteiger partial charge in [0.1, 0.15) is 5.75 Å². The topological polar surface area (TPSA) is 102 Å². The molecule has 0 saturated carbocycles. The number of nitro groups is 1. The standard InChI is InChI=1S/C11H14N2O5/c1-8(15)12-10-4-3-9(13(16)17)7-11(10)18-6-2-5-14/h3-4,7,14H,2,5-6H2,1H3,(H,12,15). The van der Waals surface area contributed by atoms with E-state index >= 15 is 0 Å². The van der Waals surface area contributed by atoms with Crippen molar-refractivity contribution in [3.05, 3.63) is 28.3 Å². The molecule has 0 atom stereocenters. The van der Waals surface area contributed by atoms with Gasteiger partial charge >= 0.3 is 0 Å². The minimum absolute atomic E-state index is 0.0373. The van der Waals surface area contributed by atoms with Gasteiger partial charge in [0.15, 0.2) is 0 Å². The summed E-state index contributed by atoms with van der Waals surface area (Å²) in [6.07, 6.45) is 0.405. The number of non-ortho nitro benzene ring substituents is 1. The number of aliphatic hydroxyl groups is 1. The molecule has 7 nitrogen and oxygen atoms in total. The van der Waals surface area contributed by atoms with Gasteiger partial charge in [-0.2, -0.15) is 0 Å². The average Bonchev–Trinajstić information content (AvgIpc) is 2.30. The van der Waals surface area contributed by atoms with Crippen LogP contribution in [0.5, 0.6) is 5.75 Å². The van der Waals surface area contributed by atoms with Crippen LogP contribution >= 0.6 is 0 Å². The summed E-state index contributed by atoms with van der Waals surface area (Å²) in [6.45, 7) is 1.51. The minimum atomic E-state index is -0.545. The Bertz CT molecular complexity index is 447. The van der Waals surface area contributed by atoms with Gasteiger partial charge in [0.25, 0.3) is 5.69 Å². The zero-order chi connectivity index (χ0) is 13.5. The van der Waals surface area contributed by atoms with E-state index in [2.05, 4.69) is 5.32 Å². The van der Waals surface area contributed by atoms with Crippen LogP contribution in [0.4, 0.5) is 11.4 Å². The Morgan fingerprint density at radius 2 is 2.28 bits per heavy atom. The largest absolute Gasteiger partial charge is 0.491 e. The van der Waals surface area contributed by atoms with E-state index in [1.165, 1.54) is 25.1 Å². The highest BCUT2D eigenvalue weighted by molar-refractivity contribution is 5.90. The Kier molecular flexibility index (Phi) is 5.06. The normalized spacial score (nSPS) is 9.89. The predicted octanol–water partition coefficient (Wildman–Crippen LogP) is 1.31. The molecule has 1 aromatic carbocycles. The number of carbonyl (C=O) groups excluding carboxylic acids is 1. The molecule has 18 heavy (non-hydrogen) atoms. The fraction of sp³-hybridized carbons (Fsp3) is 0.364. The maximum atomic E-state index is 11.0. The second-order valence-electron chi connectivity index (χ2n) is 3.54. The maximum absolute atomic E-state index is 11.0. The molecule has 0 spiro atoms. The zero-order valence-electron chi connectivity index (χ0n) is 9.88. The Labute approximate surface area is 104 Å². The van der Waals surface area contributed by atoms with E-state index in [0.717, 1.165) is 0 Å². The lowest BCUT2D eigenvalue weighted by atomic mass is 10.2. The molecule has 2 N–H and O–H groups in total. The third-order valence-electron chi connectivity index (χ3n) is 2.05. The van der Waals surface area contributed by atoms with E-state index in [4.69, 9.17) is 9.84 Å². The van der Waals surface area contributed by atoms with Crippen LogP contribution in [0.25, 0.3) is 0 Å². The molecule has 0 aliphatic heterocycles. The molecule has 0 aliphatic rings. The van der Waals surface area contributed by atoms with Gasteiger partial charge in [-0.1, -0.05) is 0 Å². The molecule has 1 amide bonds. The molecule has 0 radical (unpaired) electrons. The van der Waals surface area contributed by atoms with Gasteiger partial charge in [0.05, 0.1) is 23.3 Å². The van der Waals surface area contributed by atoms with E-state index in [1.807, 2.05) is 0 Å². The highest BCUT2D eigenvalue weighted by Crippen LogP contribution is 2.29. The first-order valence-electron chi connectivity index (χ1n) is 5.34. The fourth-order valence-electron chi connectivity index (χ4n) is 1.28. The van der Waals surface area contributed by atoms with Crippen LogP contribution < -0.4 is 10.1 Å². The highest BCUT2D eigenvalue weighted by Gasteiger charge is 2.12. The average molecular weight is 254 g/mol. The van der Waals surface area contributed by atoms with Gasteiger partial charge in [0.2, 0.25) is 5.91 Å². The third-order valence-corrected chi connectivity index (χ3v) is 2.05. The monoisotopic (exact) mass is 254 g/mol. The van der Waals surface area contributed by atoms with Crippen molar-refractivity contribution in [3.63, 3.8) is 0 Å². The summed E-state index contributed by atoms with van der Waals surface area (Å²) in [4.78, 5) is 21.1. The quantitative estimate of drug-likeness (QED) is 0.452. The van der Waals surface area contributed by atoms with E-state index in [0.29, 0.717) is 12.1 Å². The molecule has 0 heterocycles. The molecule has 0 bridgehead atoms. The fourth-order valence-corrected chi connectivity index (χ4v) is 1.28. The SMILES string of the molecule is CC(=O)Nc1ccc([N+](=O)[O-])cc1OCCCO. The highest BCUT2D eigenvalue weighted by atomic mass is 16.6. The van der Waals surface area contributed by atoms with Gasteiger partial charge in [0, 0.05) is 26.0 Å². The maximum Gasteiger partial charge on any atom is 0.273 e. The van der Waals surface area contributed by atoms with E-state index in [9.17, 15) is 14.9 Å². The molecule has 0 saturated heterocycles. The Morgan fingerprint density at radius 3 is 2.83 bits per heavy atom. The van der Waals surface area contributed by atoms with Gasteiger partial charge in [-0.15, -0.1) is 0 Å². The summed E-state index contributed by atoms with van der Waals surface area (Å²) >= 11 is 0. The van der Waals surface area contributed by atoms with Gasteiger partial charge in [-0.25, -0.2) is 0 Å². The Hall–Kier alpha value is -2.15. The molecule has 98 valence electrons. The van der Waals surface area contributed by atoms with Crippen LogP contribution in [0.2, 0.25) is 0 Å². The Balaban J connectivity index is 2.93. The summed E-state index contributed by atoms with van der Waals surface area (Å²) < 4.78 is 5.29.